The zero-order valence-corrected chi connectivity index (χ0v) is 18.9. The van der Waals surface area contributed by atoms with Gasteiger partial charge in [-0.25, -0.2) is 9.97 Å². The summed E-state index contributed by atoms with van der Waals surface area (Å²) in [5.74, 6) is 1.39. The van der Waals surface area contributed by atoms with Crippen LogP contribution in [0.25, 0.3) is 16.6 Å². The normalized spacial score (nSPS) is 14.9. The van der Waals surface area contributed by atoms with Gasteiger partial charge in [0.2, 0.25) is 5.91 Å². The minimum atomic E-state index is -0.143. The van der Waals surface area contributed by atoms with Crippen LogP contribution in [0.15, 0.2) is 35.5 Å². The Morgan fingerprint density at radius 1 is 1.19 bits per heavy atom. The molecular weight excluding hydrogens is 424 g/mol. The van der Waals surface area contributed by atoms with Gasteiger partial charge in [-0.05, 0) is 45.0 Å². The lowest BCUT2D eigenvalue weighted by Gasteiger charge is -2.25. The number of nitrogens with one attached hydrogen (secondary N) is 2. The number of amides is 1. The molecule has 1 aromatic carbocycles. The first-order chi connectivity index (χ1) is 15.7. The first kappa shape index (κ1) is 20.9. The molecule has 1 aliphatic rings. The van der Waals surface area contributed by atoms with Gasteiger partial charge in [0.1, 0.15) is 0 Å². The topological polar surface area (TPSA) is 104 Å². The largest absolute Gasteiger partial charge is 0.308 e. The van der Waals surface area contributed by atoms with Crippen molar-refractivity contribution in [3.8, 4) is 0 Å². The first-order valence-corrected chi connectivity index (χ1v) is 12.0. The third-order valence-corrected chi connectivity index (χ3v) is 6.53. The molecule has 0 unspecified atom stereocenters. The molecule has 5 rings (SSSR count). The second-order valence-corrected chi connectivity index (χ2v) is 9.04. The predicted octanol–water partition coefficient (Wildman–Crippen LogP) is 3.07. The number of hydrogen-bond donors (Lipinski definition) is 2. The maximum Gasteiger partial charge on any atom is 0.236 e. The number of benzene rings is 1. The highest BCUT2D eigenvalue weighted by molar-refractivity contribution is 7.99. The van der Waals surface area contributed by atoms with Gasteiger partial charge in [0.15, 0.2) is 22.4 Å². The Morgan fingerprint density at radius 3 is 2.84 bits per heavy atom. The molecule has 0 saturated carbocycles. The highest BCUT2D eigenvalue weighted by Crippen LogP contribution is 2.24. The van der Waals surface area contributed by atoms with E-state index in [1.165, 1.54) is 31.0 Å². The van der Waals surface area contributed by atoms with Gasteiger partial charge < -0.3 is 10.2 Å². The number of thioether (sulfide) groups is 1. The number of nitrogens with zero attached hydrogens (tertiary/aromatic N) is 6. The van der Waals surface area contributed by atoms with E-state index >= 15 is 0 Å². The molecule has 0 spiro atoms. The van der Waals surface area contributed by atoms with Crippen LogP contribution in [0.5, 0.6) is 0 Å². The number of carbonyl (C=O) groups excluding carboxylic acids is 1. The van der Waals surface area contributed by atoms with Crippen molar-refractivity contribution in [1.29, 1.82) is 0 Å². The summed E-state index contributed by atoms with van der Waals surface area (Å²) in [7, 11) is 0. The van der Waals surface area contributed by atoms with Crippen molar-refractivity contribution in [2.24, 2.45) is 0 Å². The summed E-state index contributed by atoms with van der Waals surface area (Å²) in [6.45, 7) is 5.17. The molecule has 0 bridgehead atoms. The van der Waals surface area contributed by atoms with Crippen molar-refractivity contribution in [2.75, 3.05) is 30.7 Å². The minimum absolute atomic E-state index is 0.143. The van der Waals surface area contributed by atoms with Gasteiger partial charge in [-0.1, -0.05) is 30.3 Å². The van der Waals surface area contributed by atoms with Gasteiger partial charge >= 0.3 is 0 Å². The Hall–Kier alpha value is -2.98. The highest BCUT2D eigenvalue weighted by atomic mass is 32.2. The standard InChI is InChI=1S/C22H26N8OS/c1-15-13-19(27-26-15)24-20(31)14-32-22-23-17-8-4-3-7-16(17)21-25-18(28-30(21)22)9-12-29-10-5-2-6-11-29/h3-4,7-8,13H,2,5-6,9-12,14H2,1H3,(H2,24,26,27,31). The molecule has 0 atom stereocenters. The lowest BCUT2D eigenvalue weighted by atomic mass is 10.1. The Bertz CT molecular complexity index is 1240. The van der Waals surface area contributed by atoms with Crippen molar-refractivity contribution >= 4 is 40.0 Å². The average molecular weight is 451 g/mol. The maximum atomic E-state index is 12.4. The van der Waals surface area contributed by atoms with Gasteiger partial charge in [0.25, 0.3) is 0 Å². The van der Waals surface area contributed by atoms with Crippen molar-refractivity contribution in [3.63, 3.8) is 0 Å². The second kappa shape index (κ2) is 9.25. The number of piperidine rings is 1. The molecule has 10 heteroatoms. The molecule has 4 heterocycles. The summed E-state index contributed by atoms with van der Waals surface area (Å²) in [6.07, 6.45) is 4.68. The van der Waals surface area contributed by atoms with Crippen LogP contribution in [-0.4, -0.2) is 66.0 Å². The van der Waals surface area contributed by atoms with Gasteiger partial charge in [0, 0.05) is 30.1 Å². The fourth-order valence-corrected chi connectivity index (χ4v) is 4.75. The molecule has 4 aromatic rings. The SMILES string of the molecule is Cc1cc(NC(=O)CSc2nc3ccccc3c3nc(CCN4CCCCC4)nn23)n[nH]1. The van der Waals surface area contributed by atoms with E-state index in [1.54, 1.807) is 10.6 Å². The van der Waals surface area contributed by atoms with Crippen LogP contribution in [0.3, 0.4) is 0 Å². The number of rotatable bonds is 7. The number of fused-ring (bicyclic) bond motifs is 3. The van der Waals surface area contributed by atoms with Crippen molar-refractivity contribution < 1.29 is 4.79 Å². The predicted molar refractivity (Wildman–Crippen MR) is 125 cm³/mol. The number of hydrogen-bond acceptors (Lipinski definition) is 7. The van der Waals surface area contributed by atoms with E-state index in [-0.39, 0.29) is 11.7 Å². The fourth-order valence-electron chi connectivity index (χ4n) is 4.00. The molecule has 1 amide bonds. The molecule has 3 aromatic heterocycles. The molecule has 0 aliphatic carbocycles. The van der Waals surface area contributed by atoms with E-state index in [0.717, 1.165) is 54.1 Å². The van der Waals surface area contributed by atoms with Crippen molar-refractivity contribution in [2.45, 2.75) is 37.8 Å². The highest BCUT2D eigenvalue weighted by Gasteiger charge is 2.17. The zero-order valence-electron chi connectivity index (χ0n) is 18.0. The summed E-state index contributed by atoms with van der Waals surface area (Å²) in [4.78, 5) is 24.5. The fraction of sp³-hybridized carbons (Fsp3) is 0.409. The number of carbonyl (C=O) groups is 1. The lowest BCUT2D eigenvalue weighted by molar-refractivity contribution is -0.113. The Kier molecular flexibility index (Phi) is 6.04. The first-order valence-electron chi connectivity index (χ1n) is 11.0. The molecule has 1 fully saturated rings. The van der Waals surface area contributed by atoms with E-state index in [9.17, 15) is 4.79 Å². The van der Waals surface area contributed by atoms with E-state index < -0.39 is 0 Å². The average Bonchev–Trinajstić information content (AvgIpc) is 3.43. The number of aromatic amines is 1. The molecule has 2 N–H and O–H groups in total. The van der Waals surface area contributed by atoms with Crippen LogP contribution >= 0.6 is 11.8 Å². The molecule has 0 radical (unpaired) electrons. The molecule has 1 aliphatic heterocycles. The Balaban J connectivity index is 1.36. The Labute approximate surface area is 190 Å². The van der Waals surface area contributed by atoms with Gasteiger partial charge in [-0.15, -0.1) is 5.10 Å². The van der Waals surface area contributed by atoms with E-state index in [4.69, 9.17) is 15.1 Å². The number of likely N-dealkylation sites (tertiary alicyclic amines) is 1. The third-order valence-electron chi connectivity index (χ3n) is 5.60. The van der Waals surface area contributed by atoms with Crippen LogP contribution in [0.4, 0.5) is 5.82 Å². The zero-order chi connectivity index (χ0) is 21.9. The smallest absolute Gasteiger partial charge is 0.236 e. The minimum Gasteiger partial charge on any atom is -0.308 e. The summed E-state index contributed by atoms with van der Waals surface area (Å²) in [5, 5.41) is 16.0. The van der Waals surface area contributed by atoms with Crippen LogP contribution in [-0.2, 0) is 11.2 Å². The van der Waals surface area contributed by atoms with Crippen LogP contribution in [0, 0.1) is 6.92 Å². The molecular formula is C22H26N8OS. The molecule has 9 nitrogen and oxygen atoms in total. The maximum absolute atomic E-state index is 12.4. The Morgan fingerprint density at radius 2 is 2.03 bits per heavy atom. The number of para-hydroxylation sites is 1. The van der Waals surface area contributed by atoms with Crippen molar-refractivity contribution in [1.82, 2.24) is 34.7 Å². The number of aryl methyl sites for hydroxylation is 1. The third kappa shape index (κ3) is 4.61. The van der Waals surface area contributed by atoms with Crippen LogP contribution in [0.2, 0.25) is 0 Å². The molecule has 1 saturated heterocycles. The van der Waals surface area contributed by atoms with E-state index in [1.807, 2.05) is 31.2 Å². The molecule has 166 valence electrons. The van der Waals surface area contributed by atoms with Gasteiger partial charge in [0.05, 0.1) is 11.3 Å². The van der Waals surface area contributed by atoms with Crippen molar-refractivity contribution in [3.05, 3.63) is 41.9 Å². The number of H-pyrrole nitrogens is 1. The number of anilines is 1. The summed E-state index contributed by atoms with van der Waals surface area (Å²) in [6, 6.07) is 9.72. The van der Waals surface area contributed by atoms with Gasteiger partial charge in [-0.2, -0.15) is 9.61 Å². The summed E-state index contributed by atoms with van der Waals surface area (Å²) in [5.41, 5.74) is 2.53. The monoisotopic (exact) mass is 450 g/mol. The second-order valence-electron chi connectivity index (χ2n) is 8.10. The van der Waals surface area contributed by atoms with E-state index in [0.29, 0.717) is 11.0 Å². The number of aromatic nitrogens is 6. The quantitative estimate of drug-likeness (QED) is 0.329. The van der Waals surface area contributed by atoms with Gasteiger partial charge in [-0.3, -0.25) is 9.89 Å². The van der Waals surface area contributed by atoms with Crippen LogP contribution in [0.1, 0.15) is 30.8 Å². The van der Waals surface area contributed by atoms with E-state index in [2.05, 4.69) is 20.4 Å². The summed E-state index contributed by atoms with van der Waals surface area (Å²) < 4.78 is 1.78. The molecule has 32 heavy (non-hydrogen) atoms. The summed E-state index contributed by atoms with van der Waals surface area (Å²) >= 11 is 1.35. The van der Waals surface area contributed by atoms with Crippen LogP contribution < -0.4 is 5.32 Å². The lowest BCUT2D eigenvalue weighted by Crippen LogP contribution is -2.31.